The molecule has 0 fully saturated rings. The van der Waals surface area contributed by atoms with Gasteiger partial charge >= 0.3 is 5.97 Å². The lowest BCUT2D eigenvalue weighted by molar-refractivity contribution is 0.0694. The number of hydrogen-bond donors (Lipinski definition) is 1. The van der Waals surface area contributed by atoms with Crippen molar-refractivity contribution >= 4 is 21.9 Å². The van der Waals surface area contributed by atoms with Gasteiger partial charge in [-0.15, -0.1) is 0 Å². The topological polar surface area (TPSA) is 59.3 Å². The smallest absolute Gasteiger partial charge is 0.341 e. The van der Waals surface area contributed by atoms with Crippen LogP contribution in [0.2, 0.25) is 0 Å². The fourth-order valence-corrected chi connectivity index (χ4v) is 1.46. The zero-order valence-electron chi connectivity index (χ0n) is 7.82. The molecule has 5 heteroatoms. The number of aromatic nitrogens is 1. The molecule has 0 amide bonds. The number of carboxylic acids is 1. The molecule has 0 aliphatic heterocycles. The molecule has 0 aliphatic carbocycles. The summed E-state index contributed by atoms with van der Waals surface area (Å²) in [6.07, 6.45) is 2.93. The predicted octanol–water partition coefficient (Wildman–Crippen LogP) is 1.89. The molecule has 4 nitrogen and oxygen atoms in total. The molecule has 1 heterocycles. The van der Waals surface area contributed by atoms with E-state index in [1.165, 1.54) is 6.20 Å². The number of rotatable bonds is 2. The third-order valence-electron chi connectivity index (χ3n) is 1.83. The van der Waals surface area contributed by atoms with Crippen LogP contribution in [-0.2, 0) is 0 Å². The van der Waals surface area contributed by atoms with Gasteiger partial charge in [0.2, 0.25) is 5.43 Å². The molecule has 0 atom stereocenters. The highest BCUT2D eigenvalue weighted by Crippen LogP contribution is 2.10. The predicted molar refractivity (Wildman–Crippen MR) is 55.7 cm³/mol. The van der Waals surface area contributed by atoms with Crippen LogP contribution >= 0.6 is 15.9 Å². The Balaban J connectivity index is 3.43. The number of carboxylic acid groups (broad SMARTS) is 1. The maximum atomic E-state index is 11.3. The lowest BCUT2D eigenvalue weighted by Crippen LogP contribution is -2.19. The fourth-order valence-electron chi connectivity index (χ4n) is 1.01. The highest BCUT2D eigenvalue weighted by molar-refractivity contribution is 9.10. The van der Waals surface area contributed by atoms with Gasteiger partial charge in [0.05, 0.1) is 4.47 Å². The molecule has 0 aromatic carbocycles. The maximum Gasteiger partial charge on any atom is 0.341 e. The lowest BCUT2D eigenvalue weighted by atomic mass is 10.2. The normalized spacial score (nSPS) is 10.6. The van der Waals surface area contributed by atoms with Crippen molar-refractivity contribution in [2.75, 3.05) is 0 Å². The monoisotopic (exact) mass is 259 g/mol. The molecule has 0 radical (unpaired) electrons. The quantitative estimate of drug-likeness (QED) is 0.883. The van der Waals surface area contributed by atoms with E-state index in [2.05, 4.69) is 15.9 Å². The van der Waals surface area contributed by atoms with Crippen LogP contribution in [0.15, 0.2) is 21.7 Å². The Hall–Kier alpha value is -1.10. The Kier molecular flexibility index (Phi) is 3.10. The third kappa shape index (κ3) is 2.04. The molecule has 1 N–H and O–H groups in total. The molecule has 1 aromatic rings. The standard InChI is InChI=1S/C9H10BrNO3/c1-5(2)11-3-6(9(13)14)8(12)7(10)4-11/h3-5H,1-2H3,(H,13,14). The third-order valence-corrected chi connectivity index (χ3v) is 2.39. The van der Waals surface area contributed by atoms with Crippen LogP contribution in [-0.4, -0.2) is 15.6 Å². The molecule has 0 spiro atoms. The minimum Gasteiger partial charge on any atom is -0.477 e. The second-order valence-corrected chi connectivity index (χ2v) is 4.05. The van der Waals surface area contributed by atoms with Crippen molar-refractivity contribution in [1.29, 1.82) is 0 Å². The van der Waals surface area contributed by atoms with E-state index in [-0.39, 0.29) is 16.1 Å². The van der Waals surface area contributed by atoms with Crippen molar-refractivity contribution in [2.45, 2.75) is 19.9 Å². The first-order valence-electron chi connectivity index (χ1n) is 4.08. The number of carbonyl (C=O) groups is 1. The molecule has 0 bridgehead atoms. The second kappa shape index (κ2) is 3.96. The van der Waals surface area contributed by atoms with Gasteiger partial charge in [-0.2, -0.15) is 0 Å². The van der Waals surface area contributed by atoms with Crippen LogP contribution in [0, 0.1) is 0 Å². The average molecular weight is 260 g/mol. The first kappa shape index (κ1) is 11.0. The van der Waals surface area contributed by atoms with Gasteiger partial charge in [-0.3, -0.25) is 4.79 Å². The highest BCUT2D eigenvalue weighted by atomic mass is 79.9. The van der Waals surface area contributed by atoms with E-state index in [0.717, 1.165) is 0 Å². The molecule has 1 rings (SSSR count). The van der Waals surface area contributed by atoms with Gasteiger partial charge in [-0.05, 0) is 29.8 Å². The summed E-state index contributed by atoms with van der Waals surface area (Å²) < 4.78 is 1.95. The van der Waals surface area contributed by atoms with Crippen molar-refractivity contribution in [1.82, 2.24) is 4.57 Å². The van der Waals surface area contributed by atoms with Crippen LogP contribution in [0.25, 0.3) is 0 Å². The highest BCUT2D eigenvalue weighted by Gasteiger charge is 2.12. The molecular weight excluding hydrogens is 250 g/mol. The number of nitrogens with zero attached hydrogens (tertiary/aromatic N) is 1. The summed E-state index contributed by atoms with van der Waals surface area (Å²) >= 11 is 3.04. The van der Waals surface area contributed by atoms with Crippen LogP contribution in [0.5, 0.6) is 0 Å². The molecule has 14 heavy (non-hydrogen) atoms. The minimum absolute atomic E-state index is 0.116. The summed E-state index contributed by atoms with van der Waals surface area (Å²) in [5, 5.41) is 8.76. The van der Waals surface area contributed by atoms with Crippen molar-refractivity contribution in [3.8, 4) is 0 Å². The Morgan fingerprint density at radius 2 is 2.07 bits per heavy atom. The van der Waals surface area contributed by atoms with Gasteiger partial charge in [-0.1, -0.05) is 0 Å². The van der Waals surface area contributed by atoms with Crippen LogP contribution < -0.4 is 5.43 Å². The van der Waals surface area contributed by atoms with Gasteiger partial charge in [-0.25, -0.2) is 4.79 Å². The van der Waals surface area contributed by atoms with Crippen molar-refractivity contribution in [2.24, 2.45) is 0 Å². The second-order valence-electron chi connectivity index (χ2n) is 3.20. The zero-order valence-corrected chi connectivity index (χ0v) is 9.41. The molecule has 76 valence electrons. The lowest BCUT2D eigenvalue weighted by Gasteiger charge is -2.11. The number of pyridine rings is 1. The van der Waals surface area contributed by atoms with E-state index < -0.39 is 11.4 Å². The largest absolute Gasteiger partial charge is 0.477 e. The van der Waals surface area contributed by atoms with E-state index in [1.54, 1.807) is 10.8 Å². The summed E-state index contributed by atoms with van der Waals surface area (Å²) in [5.41, 5.74) is -0.706. The molecular formula is C9H10BrNO3. The fraction of sp³-hybridized carbons (Fsp3) is 0.333. The summed E-state index contributed by atoms with van der Waals surface area (Å²) in [5.74, 6) is -1.20. The summed E-state index contributed by atoms with van der Waals surface area (Å²) in [6.45, 7) is 3.81. The Bertz CT molecular complexity index is 423. The Morgan fingerprint density at radius 3 is 2.50 bits per heavy atom. The molecule has 0 saturated heterocycles. The van der Waals surface area contributed by atoms with E-state index in [0.29, 0.717) is 0 Å². The van der Waals surface area contributed by atoms with Crippen molar-refractivity contribution < 1.29 is 9.90 Å². The molecule has 0 saturated carbocycles. The van der Waals surface area contributed by atoms with E-state index in [1.807, 2.05) is 13.8 Å². The number of hydrogen-bond acceptors (Lipinski definition) is 2. The van der Waals surface area contributed by atoms with Gasteiger partial charge in [0.15, 0.2) is 0 Å². The maximum absolute atomic E-state index is 11.3. The average Bonchev–Trinajstić information content (AvgIpc) is 2.08. The van der Waals surface area contributed by atoms with Crippen LogP contribution in [0.3, 0.4) is 0 Å². The van der Waals surface area contributed by atoms with Gasteiger partial charge in [0.25, 0.3) is 0 Å². The van der Waals surface area contributed by atoms with E-state index in [9.17, 15) is 9.59 Å². The van der Waals surface area contributed by atoms with Crippen LogP contribution in [0.1, 0.15) is 30.2 Å². The first-order chi connectivity index (χ1) is 6.43. The summed E-state index contributed by atoms with van der Waals surface area (Å²) in [4.78, 5) is 22.1. The van der Waals surface area contributed by atoms with Gasteiger partial charge < -0.3 is 9.67 Å². The molecule has 1 aromatic heterocycles. The van der Waals surface area contributed by atoms with Crippen molar-refractivity contribution in [3.63, 3.8) is 0 Å². The number of aromatic carboxylic acids is 1. The zero-order chi connectivity index (χ0) is 10.9. The SMILES string of the molecule is CC(C)n1cc(Br)c(=O)c(C(=O)O)c1. The van der Waals surface area contributed by atoms with Gasteiger partial charge in [0.1, 0.15) is 5.56 Å². The first-order valence-corrected chi connectivity index (χ1v) is 4.87. The Labute approximate surface area is 89.3 Å². The van der Waals surface area contributed by atoms with Gasteiger partial charge in [0, 0.05) is 18.4 Å². The molecule has 0 unspecified atom stereocenters. The van der Waals surface area contributed by atoms with E-state index >= 15 is 0 Å². The summed E-state index contributed by atoms with van der Waals surface area (Å²) in [6, 6.07) is 0.116. The minimum atomic E-state index is -1.20. The van der Waals surface area contributed by atoms with E-state index in [4.69, 9.17) is 5.11 Å². The molecule has 0 aliphatic rings. The van der Waals surface area contributed by atoms with Crippen molar-refractivity contribution in [3.05, 3.63) is 32.7 Å². The Morgan fingerprint density at radius 1 is 1.50 bits per heavy atom. The number of halogens is 1. The van der Waals surface area contributed by atoms with Crippen LogP contribution in [0.4, 0.5) is 0 Å². The summed E-state index contributed by atoms with van der Waals surface area (Å²) in [7, 11) is 0.